The summed E-state index contributed by atoms with van der Waals surface area (Å²) in [5, 5.41) is 8.75. The van der Waals surface area contributed by atoms with Gasteiger partial charge in [0.15, 0.2) is 0 Å². The van der Waals surface area contributed by atoms with E-state index in [9.17, 15) is 4.79 Å². The smallest absolute Gasteiger partial charge is 0.270 e. The number of thiazole rings is 1. The summed E-state index contributed by atoms with van der Waals surface area (Å²) in [6.07, 6.45) is 3.36. The van der Waals surface area contributed by atoms with E-state index >= 15 is 0 Å². The standard InChI is InChI=1S/C15H21N5OS/c1-11-3-4-13(19-9-11)17-7-2-8-18-15(21)12-10-22-14(20-12)5-6-16/h3-4,9-10H,2,5-8,16H2,1H3,(H,17,19)(H,18,21). The van der Waals surface area contributed by atoms with Crippen LogP contribution in [0.5, 0.6) is 0 Å². The number of nitrogens with one attached hydrogen (secondary N) is 2. The fourth-order valence-corrected chi connectivity index (χ4v) is 2.62. The van der Waals surface area contributed by atoms with E-state index in [1.807, 2.05) is 25.3 Å². The lowest BCUT2D eigenvalue weighted by Gasteiger charge is -2.06. The van der Waals surface area contributed by atoms with Gasteiger partial charge in [-0.25, -0.2) is 9.97 Å². The van der Waals surface area contributed by atoms with E-state index in [0.717, 1.165) is 29.4 Å². The number of anilines is 1. The van der Waals surface area contributed by atoms with E-state index < -0.39 is 0 Å². The molecule has 2 heterocycles. The van der Waals surface area contributed by atoms with Gasteiger partial charge in [0.25, 0.3) is 5.91 Å². The van der Waals surface area contributed by atoms with Crippen LogP contribution in [0.25, 0.3) is 0 Å². The fraction of sp³-hybridized carbons (Fsp3) is 0.400. The Labute approximate surface area is 134 Å². The molecule has 0 saturated carbocycles. The normalized spacial score (nSPS) is 10.5. The SMILES string of the molecule is Cc1ccc(NCCCNC(=O)c2csc(CCN)n2)nc1. The van der Waals surface area contributed by atoms with Crippen molar-refractivity contribution in [1.29, 1.82) is 0 Å². The summed E-state index contributed by atoms with van der Waals surface area (Å²) in [7, 11) is 0. The molecule has 1 amide bonds. The number of rotatable bonds is 8. The molecule has 118 valence electrons. The molecule has 0 aliphatic heterocycles. The van der Waals surface area contributed by atoms with Crippen molar-refractivity contribution in [1.82, 2.24) is 15.3 Å². The quantitative estimate of drug-likeness (QED) is 0.642. The summed E-state index contributed by atoms with van der Waals surface area (Å²) in [5.74, 6) is 0.718. The minimum Gasteiger partial charge on any atom is -0.370 e. The van der Waals surface area contributed by atoms with Crippen LogP contribution < -0.4 is 16.4 Å². The Morgan fingerprint density at radius 1 is 1.36 bits per heavy atom. The van der Waals surface area contributed by atoms with Crippen LogP contribution >= 0.6 is 11.3 Å². The van der Waals surface area contributed by atoms with Crippen molar-refractivity contribution in [3.63, 3.8) is 0 Å². The maximum Gasteiger partial charge on any atom is 0.270 e. The van der Waals surface area contributed by atoms with Crippen LogP contribution in [0, 0.1) is 6.92 Å². The van der Waals surface area contributed by atoms with Gasteiger partial charge in [-0.1, -0.05) is 6.07 Å². The Kier molecular flexibility index (Phi) is 6.29. The monoisotopic (exact) mass is 319 g/mol. The molecule has 0 spiro atoms. The second kappa shape index (κ2) is 8.45. The van der Waals surface area contributed by atoms with Crippen LogP contribution in [-0.4, -0.2) is 35.5 Å². The van der Waals surface area contributed by atoms with Gasteiger partial charge in [-0.2, -0.15) is 0 Å². The molecule has 0 unspecified atom stereocenters. The van der Waals surface area contributed by atoms with Gasteiger partial charge in [-0.15, -0.1) is 11.3 Å². The molecule has 0 bridgehead atoms. The maximum absolute atomic E-state index is 11.9. The van der Waals surface area contributed by atoms with E-state index in [4.69, 9.17) is 5.73 Å². The van der Waals surface area contributed by atoms with Crippen molar-refractivity contribution in [2.45, 2.75) is 19.8 Å². The van der Waals surface area contributed by atoms with E-state index in [-0.39, 0.29) is 5.91 Å². The fourth-order valence-electron chi connectivity index (χ4n) is 1.82. The van der Waals surface area contributed by atoms with Crippen LogP contribution in [0.2, 0.25) is 0 Å². The maximum atomic E-state index is 11.9. The zero-order valence-electron chi connectivity index (χ0n) is 12.6. The van der Waals surface area contributed by atoms with Crippen molar-refractivity contribution < 1.29 is 4.79 Å². The van der Waals surface area contributed by atoms with E-state index in [1.54, 1.807) is 5.38 Å². The first-order valence-corrected chi connectivity index (χ1v) is 8.16. The molecule has 4 N–H and O–H groups in total. The number of pyridine rings is 1. The largest absolute Gasteiger partial charge is 0.370 e. The molecule has 2 aromatic heterocycles. The summed E-state index contributed by atoms with van der Waals surface area (Å²) in [6.45, 7) is 3.91. The highest BCUT2D eigenvalue weighted by molar-refractivity contribution is 7.09. The van der Waals surface area contributed by atoms with Crippen molar-refractivity contribution >= 4 is 23.1 Å². The molecule has 22 heavy (non-hydrogen) atoms. The molecule has 0 radical (unpaired) electrons. The average molecular weight is 319 g/mol. The molecular weight excluding hydrogens is 298 g/mol. The lowest BCUT2D eigenvalue weighted by molar-refractivity contribution is 0.0949. The first kappa shape index (κ1) is 16.4. The number of aryl methyl sites for hydroxylation is 1. The minimum atomic E-state index is -0.131. The molecule has 2 aromatic rings. The van der Waals surface area contributed by atoms with Gasteiger partial charge in [0, 0.05) is 31.1 Å². The van der Waals surface area contributed by atoms with E-state index in [0.29, 0.717) is 25.2 Å². The van der Waals surface area contributed by atoms with Gasteiger partial charge >= 0.3 is 0 Å². The number of hydrogen-bond donors (Lipinski definition) is 3. The number of carbonyl (C=O) groups excluding carboxylic acids is 1. The molecular formula is C15H21N5OS. The number of hydrogen-bond acceptors (Lipinski definition) is 6. The van der Waals surface area contributed by atoms with Crippen molar-refractivity contribution in [3.05, 3.63) is 40.0 Å². The topological polar surface area (TPSA) is 92.9 Å². The highest BCUT2D eigenvalue weighted by Gasteiger charge is 2.09. The first-order chi connectivity index (χ1) is 10.7. The Morgan fingerprint density at radius 2 is 2.23 bits per heavy atom. The zero-order valence-corrected chi connectivity index (χ0v) is 13.4. The second-order valence-electron chi connectivity index (χ2n) is 4.92. The predicted molar refractivity (Wildman–Crippen MR) is 89.3 cm³/mol. The van der Waals surface area contributed by atoms with Gasteiger partial charge < -0.3 is 16.4 Å². The molecule has 2 rings (SSSR count). The summed E-state index contributed by atoms with van der Waals surface area (Å²) >= 11 is 1.47. The summed E-state index contributed by atoms with van der Waals surface area (Å²) in [5.41, 5.74) is 7.08. The van der Waals surface area contributed by atoms with Crippen molar-refractivity contribution in [2.75, 3.05) is 25.0 Å². The third kappa shape index (κ3) is 5.09. The number of nitrogens with zero attached hydrogens (tertiary/aromatic N) is 2. The third-order valence-electron chi connectivity index (χ3n) is 3.00. The van der Waals surface area contributed by atoms with Crippen LogP contribution in [0.15, 0.2) is 23.7 Å². The highest BCUT2D eigenvalue weighted by atomic mass is 32.1. The molecule has 0 atom stereocenters. The molecule has 0 saturated heterocycles. The number of carbonyl (C=O) groups is 1. The van der Waals surface area contributed by atoms with Crippen LogP contribution in [0.4, 0.5) is 5.82 Å². The zero-order chi connectivity index (χ0) is 15.8. The van der Waals surface area contributed by atoms with Crippen molar-refractivity contribution in [3.8, 4) is 0 Å². The van der Waals surface area contributed by atoms with Crippen LogP contribution in [0.3, 0.4) is 0 Å². The molecule has 7 heteroatoms. The molecule has 0 fully saturated rings. The highest BCUT2D eigenvalue weighted by Crippen LogP contribution is 2.09. The van der Waals surface area contributed by atoms with E-state index in [2.05, 4.69) is 20.6 Å². The van der Waals surface area contributed by atoms with Crippen LogP contribution in [-0.2, 0) is 6.42 Å². The van der Waals surface area contributed by atoms with E-state index in [1.165, 1.54) is 11.3 Å². The Bertz CT molecular complexity index is 596. The lowest BCUT2D eigenvalue weighted by Crippen LogP contribution is -2.26. The van der Waals surface area contributed by atoms with Gasteiger partial charge in [-0.05, 0) is 31.5 Å². The predicted octanol–water partition coefficient (Wildman–Crippen LogP) is 1.58. The molecule has 0 aliphatic carbocycles. The lowest BCUT2D eigenvalue weighted by atomic mass is 10.3. The third-order valence-corrected chi connectivity index (χ3v) is 3.91. The van der Waals surface area contributed by atoms with Gasteiger partial charge in [-0.3, -0.25) is 4.79 Å². The number of aromatic nitrogens is 2. The number of amides is 1. The summed E-state index contributed by atoms with van der Waals surface area (Å²) in [4.78, 5) is 20.4. The summed E-state index contributed by atoms with van der Waals surface area (Å²) < 4.78 is 0. The van der Waals surface area contributed by atoms with Crippen molar-refractivity contribution in [2.24, 2.45) is 5.73 Å². The second-order valence-corrected chi connectivity index (χ2v) is 5.86. The van der Waals surface area contributed by atoms with Gasteiger partial charge in [0.05, 0.1) is 5.01 Å². The summed E-state index contributed by atoms with van der Waals surface area (Å²) in [6, 6.07) is 3.96. The Morgan fingerprint density at radius 3 is 2.95 bits per heavy atom. The molecule has 0 aliphatic rings. The Hall–Kier alpha value is -1.99. The Balaban J connectivity index is 1.65. The minimum absolute atomic E-state index is 0.131. The van der Waals surface area contributed by atoms with Gasteiger partial charge in [0.2, 0.25) is 0 Å². The number of nitrogens with two attached hydrogens (primary N) is 1. The first-order valence-electron chi connectivity index (χ1n) is 7.28. The molecule has 0 aromatic carbocycles. The average Bonchev–Trinajstić information content (AvgIpc) is 2.98. The van der Waals surface area contributed by atoms with Crippen LogP contribution in [0.1, 0.15) is 27.5 Å². The van der Waals surface area contributed by atoms with Gasteiger partial charge in [0.1, 0.15) is 11.5 Å². The molecule has 6 nitrogen and oxygen atoms in total.